The number of sulfone groups is 1. The molecule has 32 heavy (non-hydrogen) atoms. The maximum atomic E-state index is 13.0. The lowest BCUT2D eigenvalue weighted by atomic mass is 10.0. The number of aromatic nitrogens is 2. The maximum Gasteiger partial charge on any atom is 0.267 e. The van der Waals surface area contributed by atoms with Crippen molar-refractivity contribution in [1.29, 1.82) is 0 Å². The van der Waals surface area contributed by atoms with Gasteiger partial charge in [0.2, 0.25) is 15.7 Å². The normalized spacial score (nSPS) is 11.7. The van der Waals surface area contributed by atoms with Gasteiger partial charge in [-0.2, -0.15) is 5.10 Å². The first kappa shape index (κ1) is 23.4. The van der Waals surface area contributed by atoms with E-state index in [2.05, 4.69) is 10.4 Å². The molecular weight excluding hydrogens is 426 g/mol. The SMILES string of the molecule is CC(C)c1ccc(S(=O)(=O)c2ccc(=O)n(CC(=O)Nc3cccc(C(C)C)c3)n2)cc1. The topological polar surface area (TPSA) is 98.1 Å². The van der Waals surface area contributed by atoms with Gasteiger partial charge < -0.3 is 5.32 Å². The van der Waals surface area contributed by atoms with Gasteiger partial charge in [-0.3, -0.25) is 9.59 Å². The second-order valence-corrected chi connectivity index (χ2v) is 10.1. The summed E-state index contributed by atoms with van der Waals surface area (Å²) in [6.07, 6.45) is 0. The van der Waals surface area contributed by atoms with Crippen molar-refractivity contribution in [1.82, 2.24) is 9.78 Å². The number of hydrogen-bond acceptors (Lipinski definition) is 5. The monoisotopic (exact) mass is 453 g/mol. The fourth-order valence-corrected chi connectivity index (χ4v) is 4.34. The highest BCUT2D eigenvalue weighted by atomic mass is 32.2. The minimum Gasteiger partial charge on any atom is -0.324 e. The number of benzene rings is 2. The van der Waals surface area contributed by atoms with Crippen LogP contribution in [0.1, 0.15) is 50.7 Å². The third-order valence-corrected chi connectivity index (χ3v) is 6.77. The second-order valence-electron chi connectivity index (χ2n) is 8.22. The molecule has 1 amide bonds. The molecule has 0 fully saturated rings. The summed E-state index contributed by atoms with van der Waals surface area (Å²) in [5.41, 5.74) is 2.11. The molecule has 1 aromatic heterocycles. The van der Waals surface area contributed by atoms with E-state index in [4.69, 9.17) is 0 Å². The standard InChI is InChI=1S/C24H27N3O4S/c1-16(2)18-8-10-21(11-9-18)32(30,31)23-12-13-24(29)27(26-23)15-22(28)25-20-7-5-6-19(14-20)17(3)4/h5-14,16-17H,15H2,1-4H3,(H,25,28). The van der Waals surface area contributed by atoms with Crippen molar-refractivity contribution in [3.63, 3.8) is 0 Å². The number of hydrogen-bond donors (Lipinski definition) is 1. The summed E-state index contributed by atoms with van der Waals surface area (Å²) in [7, 11) is -3.93. The van der Waals surface area contributed by atoms with Gasteiger partial charge in [-0.05, 0) is 53.3 Å². The van der Waals surface area contributed by atoms with Crippen LogP contribution in [0.3, 0.4) is 0 Å². The van der Waals surface area contributed by atoms with E-state index >= 15 is 0 Å². The van der Waals surface area contributed by atoms with Gasteiger partial charge in [0.15, 0.2) is 5.03 Å². The van der Waals surface area contributed by atoms with Gasteiger partial charge >= 0.3 is 0 Å². The molecule has 2 aromatic carbocycles. The van der Waals surface area contributed by atoms with E-state index in [0.717, 1.165) is 27.9 Å². The highest BCUT2D eigenvalue weighted by Gasteiger charge is 2.21. The molecule has 0 bridgehead atoms. The van der Waals surface area contributed by atoms with Crippen LogP contribution in [0.15, 0.2) is 75.4 Å². The van der Waals surface area contributed by atoms with Crippen molar-refractivity contribution in [2.24, 2.45) is 0 Å². The lowest BCUT2D eigenvalue weighted by molar-refractivity contribution is -0.117. The Morgan fingerprint density at radius 1 is 0.938 bits per heavy atom. The van der Waals surface area contributed by atoms with Gasteiger partial charge in [0.1, 0.15) is 6.54 Å². The third kappa shape index (κ3) is 5.31. The van der Waals surface area contributed by atoms with Crippen LogP contribution >= 0.6 is 0 Å². The molecule has 0 saturated heterocycles. The van der Waals surface area contributed by atoms with Crippen molar-refractivity contribution >= 4 is 21.4 Å². The smallest absolute Gasteiger partial charge is 0.267 e. The summed E-state index contributed by atoms with van der Waals surface area (Å²) in [5, 5.41) is 6.40. The Balaban J connectivity index is 1.83. The first-order chi connectivity index (χ1) is 15.1. The number of rotatable bonds is 7. The molecule has 3 rings (SSSR count). The number of nitrogens with one attached hydrogen (secondary N) is 1. The summed E-state index contributed by atoms with van der Waals surface area (Å²) < 4.78 is 26.8. The molecule has 0 spiro atoms. The number of nitrogens with zero attached hydrogens (tertiary/aromatic N) is 2. The third-order valence-electron chi connectivity index (χ3n) is 5.10. The van der Waals surface area contributed by atoms with Gasteiger partial charge in [0.25, 0.3) is 5.56 Å². The molecule has 0 aliphatic heterocycles. The van der Waals surface area contributed by atoms with Gasteiger partial charge in [0, 0.05) is 11.8 Å². The van der Waals surface area contributed by atoms with Crippen LogP contribution in [0, 0.1) is 0 Å². The second kappa shape index (κ2) is 9.48. The maximum absolute atomic E-state index is 13.0. The fraction of sp³-hybridized carbons (Fsp3) is 0.292. The van der Waals surface area contributed by atoms with E-state index in [9.17, 15) is 18.0 Å². The molecule has 0 saturated carbocycles. The van der Waals surface area contributed by atoms with Crippen molar-refractivity contribution in [2.75, 3.05) is 5.32 Å². The van der Waals surface area contributed by atoms with Crippen LogP contribution in [0.2, 0.25) is 0 Å². The number of carbonyl (C=O) groups is 1. The van der Waals surface area contributed by atoms with E-state index < -0.39 is 27.8 Å². The predicted octanol–water partition coefficient (Wildman–Crippen LogP) is 3.96. The van der Waals surface area contributed by atoms with Crippen molar-refractivity contribution in [3.05, 3.63) is 82.1 Å². The minimum absolute atomic E-state index is 0.0783. The molecule has 7 nitrogen and oxygen atoms in total. The molecule has 8 heteroatoms. The zero-order valence-corrected chi connectivity index (χ0v) is 19.4. The Morgan fingerprint density at radius 2 is 1.59 bits per heavy atom. The average Bonchev–Trinajstić information content (AvgIpc) is 2.75. The van der Waals surface area contributed by atoms with E-state index in [1.54, 1.807) is 18.2 Å². The van der Waals surface area contributed by atoms with Crippen LogP contribution in [0.25, 0.3) is 0 Å². The number of amides is 1. The Morgan fingerprint density at radius 3 is 2.22 bits per heavy atom. The molecule has 3 aromatic rings. The van der Waals surface area contributed by atoms with E-state index in [1.165, 1.54) is 12.1 Å². The highest BCUT2D eigenvalue weighted by molar-refractivity contribution is 7.91. The summed E-state index contributed by atoms with van der Waals surface area (Å²) in [4.78, 5) is 24.8. The van der Waals surface area contributed by atoms with Crippen molar-refractivity contribution in [3.8, 4) is 0 Å². The Kier molecular flexibility index (Phi) is 6.93. The molecule has 0 unspecified atom stereocenters. The van der Waals surface area contributed by atoms with E-state index in [1.807, 2.05) is 45.9 Å². The lowest BCUT2D eigenvalue weighted by Gasteiger charge is -2.11. The molecule has 168 valence electrons. The zero-order valence-electron chi connectivity index (χ0n) is 18.6. The Bertz CT molecular complexity index is 1280. The van der Waals surface area contributed by atoms with Gasteiger partial charge in [0.05, 0.1) is 4.90 Å². The summed E-state index contributed by atoms with van der Waals surface area (Å²) >= 11 is 0. The van der Waals surface area contributed by atoms with E-state index in [-0.39, 0.29) is 15.8 Å². The van der Waals surface area contributed by atoms with Crippen LogP contribution in [0.5, 0.6) is 0 Å². The fourth-order valence-electron chi connectivity index (χ4n) is 3.15. The van der Waals surface area contributed by atoms with Crippen LogP contribution in [-0.4, -0.2) is 24.1 Å². The lowest BCUT2D eigenvalue weighted by Crippen LogP contribution is -2.30. The molecule has 1 heterocycles. The number of carbonyl (C=O) groups excluding carboxylic acids is 1. The van der Waals surface area contributed by atoms with Gasteiger partial charge in [-0.25, -0.2) is 13.1 Å². The summed E-state index contributed by atoms with van der Waals surface area (Å²) in [5.74, 6) is 0.0931. The largest absolute Gasteiger partial charge is 0.324 e. The predicted molar refractivity (Wildman–Crippen MR) is 124 cm³/mol. The first-order valence-electron chi connectivity index (χ1n) is 10.4. The summed E-state index contributed by atoms with van der Waals surface area (Å²) in [6.45, 7) is 7.73. The van der Waals surface area contributed by atoms with Gasteiger partial charge in [-0.15, -0.1) is 0 Å². The highest BCUT2D eigenvalue weighted by Crippen LogP contribution is 2.22. The molecule has 0 radical (unpaired) electrons. The zero-order chi connectivity index (χ0) is 23.5. The van der Waals surface area contributed by atoms with Crippen LogP contribution in [-0.2, 0) is 21.2 Å². The Labute approximate surface area is 188 Å². The van der Waals surface area contributed by atoms with E-state index in [0.29, 0.717) is 11.6 Å². The van der Waals surface area contributed by atoms with Crippen molar-refractivity contribution in [2.45, 2.75) is 56.0 Å². The van der Waals surface area contributed by atoms with Gasteiger partial charge in [-0.1, -0.05) is 52.0 Å². The average molecular weight is 454 g/mol. The number of anilines is 1. The van der Waals surface area contributed by atoms with Crippen LogP contribution < -0.4 is 10.9 Å². The van der Waals surface area contributed by atoms with Crippen molar-refractivity contribution < 1.29 is 13.2 Å². The Hall–Kier alpha value is -3.26. The molecule has 0 atom stereocenters. The quantitative estimate of drug-likeness (QED) is 0.584. The molecule has 0 aliphatic carbocycles. The molecule has 1 N–H and O–H groups in total. The van der Waals surface area contributed by atoms with Crippen LogP contribution in [0.4, 0.5) is 5.69 Å². The summed E-state index contributed by atoms with van der Waals surface area (Å²) in [6, 6.07) is 16.2. The minimum atomic E-state index is -3.93. The first-order valence-corrected chi connectivity index (χ1v) is 11.9. The molecular formula is C24H27N3O4S. The molecule has 0 aliphatic rings.